The number of rotatable bonds is 1. The Balaban J connectivity index is 2.54. The van der Waals surface area contributed by atoms with Crippen molar-refractivity contribution in [2.24, 2.45) is 5.73 Å². The molecule has 3 N–H and O–H groups in total. The zero-order valence-corrected chi connectivity index (χ0v) is 3.31. The summed E-state index contributed by atoms with van der Waals surface area (Å²) in [6.07, 6.45) is 0. The van der Waals surface area contributed by atoms with Gasteiger partial charge in [-0.1, -0.05) is 0 Å². The molecule has 0 aromatic heterocycles. The van der Waals surface area contributed by atoms with Gasteiger partial charge in [-0.3, -0.25) is 0 Å². The highest BCUT2D eigenvalue weighted by Crippen LogP contribution is 1.62. The van der Waals surface area contributed by atoms with Crippen molar-refractivity contribution in [1.82, 2.24) is 0 Å². The minimum absolute atomic E-state index is 0.0602. The molecule has 0 fully saturated rings. The molecule has 0 aliphatic rings. The molecule has 0 bridgehead atoms. The molecule has 0 aromatic rings. The van der Waals surface area contributed by atoms with Gasteiger partial charge in [0.15, 0.2) is 0 Å². The first-order valence-corrected chi connectivity index (χ1v) is 1.64. The summed E-state index contributed by atoms with van der Waals surface area (Å²) >= 11 is 0. The summed E-state index contributed by atoms with van der Waals surface area (Å²) in [7, 11) is 0. The first kappa shape index (κ1) is 4.92. The lowest BCUT2D eigenvalue weighted by Crippen LogP contribution is -2.18. The van der Waals surface area contributed by atoms with E-state index in [0.29, 0.717) is 0 Å². The highest BCUT2D eigenvalue weighted by molar-refractivity contribution is 4.43. The average Bonchev–Trinajstić information content (AvgIpc) is 1.38. The Hall–Kier alpha value is -0.0800. The lowest BCUT2D eigenvalue weighted by molar-refractivity contribution is 0.273. The minimum Gasteiger partial charge on any atom is -0.395 e. The van der Waals surface area contributed by atoms with Crippen molar-refractivity contribution in [1.29, 1.82) is 0 Å². The molecule has 0 radical (unpaired) electrons. The number of aliphatic hydroxyl groups excluding tert-OH is 1. The summed E-state index contributed by atoms with van der Waals surface area (Å²) in [6.45, 7) is 1.83. The lowest BCUT2D eigenvalue weighted by Gasteiger charge is -1.91. The van der Waals surface area contributed by atoms with E-state index in [1.807, 2.05) is 0 Å². The molecule has 32 valence electrons. The molecule has 0 saturated carbocycles. The molecule has 0 aliphatic heterocycles. The minimum atomic E-state index is -0.0602. The Morgan fingerprint density at radius 3 is 2.20 bits per heavy atom. The number of hydrogen-bond acceptors (Lipinski definition) is 2. The predicted octanol–water partition coefficient (Wildman–Crippen LogP) is -0.674. The van der Waals surface area contributed by atoms with E-state index >= 15 is 0 Å². The summed E-state index contributed by atoms with van der Waals surface area (Å²) in [5.41, 5.74) is 5.04. The SMILES string of the molecule is [13CH3][13C@H](N)[13CH2]O. The van der Waals surface area contributed by atoms with Gasteiger partial charge in [-0.25, -0.2) is 0 Å². The third kappa shape index (κ3) is 3.92. The van der Waals surface area contributed by atoms with Gasteiger partial charge in [0.25, 0.3) is 0 Å². The van der Waals surface area contributed by atoms with E-state index in [2.05, 4.69) is 0 Å². The van der Waals surface area contributed by atoms with Crippen molar-refractivity contribution in [3.63, 3.8) is 0 Å². The average molecular weight is 78.1 g/mol. The van der Waals surface area contributed by atoms with Gasteiger partial charge in [-0.05, 0) is 6.92 Å². The summed E-state index contributed by atoms with van der Waals surface area (Å²) in [5, 5.41) is 8.02. The molecule has 5 heavy (non-hydrogen) atoms. The van der Waals surface area contributed by atoms with E-state index in [-0.39, 0.29) is 12.6 Å². The second kappa shape index (κ2) is 2.18. The first-order valence-electron chi connectivity index (χ1n) is 1.64. The summed E-state index contributed by atoms with van der Waals surface area (Å²) in [6, 6.07) is -0.0602. The van der Waals surface area contributed by atoms with Crippen LogP contribution in [0, 0.1) is 0 Å². The van der Waals surface area contributed by atoms with Crippen molar-refractivity contribution in [3.8, 4) is 0 Å². The third-order valence-electron chi connectivity index (χ3n) is 0.288. The Kier molecular flexibility index (Phi) is 2.14. The fourth-order valence-corrected chi connectivity index (χ4v) is 0. The van der Waals surface area contributed by atoms with E-state index in [9.17, 15) is 0 Å². The predicted molar refractivity (Wildman–Crippen MR) is 20.7 cm³/mol. The first-order chi connectivity index (χ1) is 2.27. The van der Waals surface area contributed by atoms with Crippen LogP contribution < -0.4 is 5.73 Å². The number of aliphatic hydroxyl groups is 1. The molecular formula is C3H9NO. The van der Waals surface area contributed by atoms with Crippen LogP contribution in [0.1, 0.15) is 6.92 Å². The van der Waals surface area contributed by atoms with Crippen LogP contribution in [-0.2, 0) is 0 Å². The number of nitrogens with two attached hydrogens (primary N) is 1. The Morgan fingerprint density at radius 2 is 2.20 bits per heavy atom. The van der Waals surface area contributed by atoms with Gasteiger partial charge < -0.3 is 10.8 Å². The molecule has 0 rings (SSSR count). The van der Waals surface area contributed by atoms with E-state index in [1.165, 1.54) is 0 Å². The molecule has 0 spiro atoms. The summed E-state index contributed by atoms with van der Waals surface area (Å²) in [5.74, 6) is 0. The van der Waals surface area contributed by atoms with Crippen molar-refractivity contribution in [3.05, 3.63) is 0 Å². The highest BCUT2D eigenvalue weighted by atomic mass is 16.3. The van der Waals surface area contributed by atoms with Gasteiger partial charge >= 0.3 is 0 Å². The van der Waals surface area contributed by atoms with Crippen LogP contribution in [0.15, 0.2) is 0 Å². The van der Waals surface area contributed by atoms with Gasteiger partial charge in [0.2, 0.25) is 0 Å². The van der Waals surface area contributed by atoms with Crippen molar-refractivity contribution < 1.29 is 5.11 Å². The van der Waals surface area contributed by atoms with Crippen LogP contribution in [0.3, 0.4) is 0 Å². The maximum absolute atomic E-state index is 8.02. The molecular weight excluding hydrogens is 69.0 g/mol. The van der Waals surface area contributed by atoms with Crippen LogP contribution in [0.4, 0.5) is 0 Å². The topological polar surface area (TPSA) is 46.2 Å². The normalized spacial score (nSPS) is 15.0. The molecule has 0 aliphatic carbocycles. The fourth-order valence-electron chi connectivity index (χ4n) is 0. The maximum Gasteiger partial charge on any atom is 0.0579 e. The zero-order valence-electron chi connectivity index (χ0n) is 3.31. The Morgan fingerprint density at radius 1 is 2.00 bits per heavy atom. The van der Waals surface area contributed by atoms with Crippen molar-refractivity contribution in [2.75, 3.05) is 6.61 Å². The summed E-state index contributed by atoms with van der Waals surface area (Å²) < 4.78 is 0. The Bertz CT molecular complexity index is 20.9. The molecule has 0 saturated heterocycles. The smallest absolute Gasteiger partial charge is 0.0579 e. The van der Waals surface area contributed by atoms with Crippen molar-refractivity contribution in [2.45, 2.75) is 13.0 Å². The maximum atomic E-state index is 8.02. The van der Waals surface area contributed by atoms with Gasteiger partial charge in [0.1, 0.15) is 0 Å². The zero-order chi connectivity index (χ0) is 4.28. The standard InChI is InChI=1S/C3H9NO/c1-3(4)2-5/h3,5H,2,4H2,1H3/t3-/m0/s1/i1+1,2+1,3+1. The molecule has 2 nitrogen and oxygen atoms in total. The molecule has 0 amide bonds. The second-order valence-corrected chi connectivity index (χ2v) is 1.16. The van der Waals surface area contributed by atoms with Gasteiger partial charge in [-0.2, -0.15) is 0 Å². The molecule has 0 heterocycles. The van der Waals surface area contributed by atoms with Crippen LogP contribution in [0.25, 0.3) is 0 Å². The highest BCUT2D eigenvalue weighted by Gasteiger charge is 1.81. The molecule has 1 atom stereocenters. The van der Waals surface area contributed by atoms with Crippen molar-refractivity contribution >= 4 is 0 Å². The fraction of sp³-hybridized carbons (Fsp3) is 1.00. The van der Waals surface area contributed by atoms with Crippen LogP contribution in [0.2, 0.25) is 0 Å². The van der Waals surface area contributed by atoms with Crippen LogP contribution in [-0.4, -0.2) is 17.8 Å². The van der Waals surface area contributed by atoms with E-state index in [1.54, 1.807) is 6.92 Å². The Labute approximate surface area is 31.6 Å². The van der Waals surface area contributed by atoms with Crippen LogP contribution in [0.5, 0.6) is 0 Å². The largest absolute Gasteiger partial charge is 0.395 e. The van der Waals surface area contributed by atoms with Gasteiger partial charge in [0.05, 0.1) is 6.61 Å². The quantitative estimate of drug-likeness (QED) is 0.408. The second-order valence-electron chi connectivity index (χ2n) is 1.16. The van der Waals surface area contributed by atoms with E-state index < -0.39 is 0 Å². The molecule has 0 aromatic carbocycles. The van der Waals surface area contributed by atoms with E-state index in [4.69, 9.17) is 10.8 Å². The van der Waals surface area contributed by atoms with Gasteiger partial charge in [-0.15, -0.1) is 0 Å². The molecule has 0 unspecified atom stereocenters. The number of hydrogen-bond donors (Lipinski definition) is 2. The third-order valence-corrected chi connectivity index (χ3v) is 0.288. The molecule has 2 heteroatoms. The van der Waals surface area contributed by atoms with E-state index in [0.717, 1.165) is 0 Å². The van der Waals surface area contributed by atoms with Crippen LogP contribution >= 0.6 is 0 Å². The van der Waals surface area contributed by atoms with Gasteiger partial charge in [0, 0.05) is 6.04 Å². The monoisotopic (exact) mass is 78.1 g/mol. The summed E-state index contributed by atoms with van der Waals surface area (Å²) in [4.78, 5) is 0. The lowest BCUT2D eigenvalue weighted by atomic mass is 11.3.